The first-order valence-electron chi connectivity index (χ1n) is 12.3. The van der Waals surface area contributed by atoms with Crippen molar-refractivity contribution in [3.63, 3.8) is 0 Å². The van der Waals surface area contributed by atoms with Crippen LogP contribution in [-0.2, 0) is 16.1 Å². The Hall–Kier alpha value is -4.65. The molecule has 0 aliphatic heterocycles. The van der Waals surface area contributed by atoms with Crippen LogP contribution in [0.2, 0.25) is 0 Å². The number of carboxylic acid groups (broad SMARTS) is 1. The van der Waals surface area contributed by atoms with Gasteiger partial charge in [-0.25, -0.2) is 4.79 Å². The quantitative estimate of drug-likeness (QED) is 0.144. The van der Waals surface area contributed by atoms with Crippen LogP contribution in [0.3, 0.4) is 0 Å². The molecule has 0 amide bonds. The highest BCUT2D eigenvalue weighted by Crippen LogP contribution is 2.19. The summed E-state index contributed by atoms with van der Waals surface area (Å²) in [6, 6.07) is 28.4. The highest BCUT2D eigenvalue weighted by Gasteiger charge is 2.20. The van der Waals surface area contributed by atoms with Crippen LogP contribution in [0.4, 0.5) is 0 Å². The zero-order chi connectivity index (χ0) is 26.7. The van der Waals surface area contributed by atoms with Crippen molar-refractivity contribution in [2.75, 3.05) is 13.2 Å². The molecule has 38 heavy (non-hydrogen) atoms. The van der Waals surface area contributed by atoms with Gasteiger partial charge in [-0.15, -0.1) is 0 Å². The predicted octanol–water partition coefficient (Wildman–Crippen LogP) is 5.95. The Kier molecular flexibility index (Phi) is 9.07. The summed E-state index contributed by atoms with van der Waals surface area (Å²) in [5.41, 5.74) is 5.61. The third-order valence-electron chi connectivity index (χ3n) is 5.83. The molecule has 0 saturated carbocycles. The van der Waals surface area contributed by atoms with E-state index in [0.29, 0.717) is 18.1 Å². The van der Waals surface area contributed by atoms with Crippen molar-refractivity contribution in [2.45, 2.75) is 26.4 Å². The second kappa shape index (κ2) is 13.1. The lowest BCUT2D eigenvalue weighted by molar-refractivity contribution is -0.145. The predicted molar refractivity (Wildman–Crippen MR) is 147 cm³/mol. The minimum absolute atomic E-state index is 0.240. The van der Waals surface area contributed by atoms with Gasteiger partial charge in [-0.3, -0.25) is 4.98 Å². The average Bonchev–Trinajstić information content (AvgIpc) is 2.95. The Bertz CT molecular complexity index is 1340. The normalized spacial score (nSPS) is 12.0. The zero-order valence-electron chi connectivity index (χ0n) is 21.4. The van der Waals surface area contributed by atoms with Gasteiger partial charge in [0.15, 0.2) is 12.7 Å². The molecular formula is C31H30N2O5. The number of aromatic nitrogens is 1. The topological polar surface area (TPSA) is 90.2 Å². The average molecular weight is 511 g/mol. The fraction of sp³-hybridized carbons (Fsp3) is 0.194. The molecule has 4 rings (SSSR count). The molecule has 1 heterocycles. The lowest BCUT2D eigenvalue weighted by Crippen LogP contribution is -2.29. The van der Waals surface area contributed by atoms with Gasteiger partial charge in [0.2, 0.25) is 0 Å². The molecule has 0 spiro atoms. The van der Waals surface area contributed by atoms with Crippen LogP contribution in [0, 0.1) is 6.92 Å². The lowest BCUT2D eigenvalue weighted by Gasteiger charge is -2.15. The summed E-state index contributed by atoms with van der Waals surface area (Å²) in [5.74, 6) is 0.180. The second-order valence-electron chi connectivity index (χ2n) is 8.76. The molecule has 0 radical (unpaired) electrons. The lowest BCUT2D eigenvalue weighted by atomic mass is 10.1. The summed E-state index contributed by atoms with van der Waals surface area (Å²) >= 11 is 0. The number of benzene rings is 3. The highest BCUT2D eigenvalue weighted by atomic mass is 16.6. The van der Waals surface area contributed by atoms with Gasteiger partial charge in [0.05, 0.1) is 11.4 Å². The van der Waals surface area contributed by atoms with Gasteiger partial charge >= 0.3 is 5.97 Å². The summed E-state index contributed by atoms with van der Waals surface area (Å²) in [7, 11) is 0. The van der Waals surface area contributed by atoms with Gasteiger partial charge in [0.1, 0.15) is 18.1 Å². The SMILES string of the molecule is C/C(=N/OCCOc1ccc(CC(Oc2ccc(C)cc2)C(=O)O)cc1)c1ccc(-c2ccccn2)cc1. The molecule has 0 bridgehead atoms. The maximum absolute atomic E-state index is 11.7. The zero-order valence-corrected chi connectivity index (χ0v) is 21.4. The summed E-state index contributed by atoms with van der Waals surface area (Å²) in [4.78, 5) is 21.5. The van der Waals surface area contributed by atoms with Gasteiger partial charge in [0, 0.05) is 18.2 Å². The molecule has 194 valence electrons. The Labute approximate surface area is 222 Å². The summed E-state index contributed by atoms with van der Waals surface area (Å²) < 4.78 is 11.4. The van der Waals surface area contributed by atoms with Gasteiger partial charge in [0.25, 0.3) is 0 Å². The number of nitrogens with zero attached hydrogens (tertiary/aromatic N) is 2. The van der Waals surface area contributed by atoms with Crippen LogP contribution in [0.1, 0.15) is 23.6 Å². The van der Waals surface area contributed by atoms with Crippen molar-refractivity contribution >= 4 is 11.7 Å². The third-order valence-corrected chi connectivity index (χ3v) is 5.83. The van der Waals surface area contributed by atoms with Gasteiger partial charge in [-0.1, -0.05) is 65.3 Å². The molecular weight excluding hydrogens is 480 g/mol. The largest absolute Gasteiger partial charge is 0.490 e. The molecule has 4 aromatic rings. The van der Waals surface area contributed by atoms with E-state index in [1.807, 2.05) is 80.6 Å². The fourth-order valence-corrected chi connectivity index (χ4v) is 3.70. The molecule has 1 atom stereocenters. The fourth-order valence-electron chi connectivity index (χ4n) is 3.70. The smallest absolute Gasteiger partial charge is 0.345 e. The van der Waals surface area contributed by atoms with Crippen LogP contribution in [0.5, 0.6) is 11.5 Å². The number of oxime groups is 1. The molecule has 0 fully saturated rings. The Morgan fingerprint density at radius 1 is 0.895 bits per heavy atom. The molecule has 1 unspecified atom stereocenters. The molecule has 7 heteroatoms. The Morgan fingerprint density at radius 3 is 2.26 bits per heavy atom. The number of hydrogen-bond donors (Lipinski definition) is 1. The maximum Gasteiger partial charge on any atom is 0.345 e. The van der Waals surface area contributed by atoms with Crippen molar-refractivity contribution in [3.8, 4) is 22.8 Å². The van der Waals surface area contributed by atoms with Gasteiger partial charge < -0.3 is 19.4 Å². The van der Waals surface area contributed by atoms with Crippen LogP contribution in [0.15, 0.2) is 102 Å². The van der Waals surface area contributed by atoms with E-state index in [1.54, 1.807) is 30.5 Å². The summed E-state index contributed by atoms with van der Waals surface area (Å²) in [6.45, 7) is 4.47. The van der Waals surface area contributed by atoms with E-state index in [-0.39, 0.29) is 13.0 Å². The van der Waals surface area contributed by atoms with Crippen molar-refractivity contribution in [1.29, 1.82) is 0 Å². The minimum Gasteiger partial charge on any atom is -0.490 e. The van der Waals surface area contributed by atoms with Gasteiger partial charge in [-0.05, 0) is 61.4 Å². The van der Waals surface area contributed by atoms with E-state index in [1.165, 1.54) is 0 Å². The Morgan fingerprint density at radius 2 is 1.61 bits per heavy atom. The van der Waals surface area contributed by atoms with Crippen LogP contribution >= 0.6 is 0 Å². The summed E-state index contributed by atoms with van der Waals surface area (Å²) in [5, 5.41) is 13.7. The van der Waals surface area contributed by atoms with Crippen LogP contribution < -0.4 is 9.47 Å². The van der Waals surface area contributed by atoms with E-state index in [4.69, 9.17) is 14.3 Å². The molecule has 0 saturated heterocycles. The number of carbonyl (C=O) groups is 1. The number of aliphatic carboxylic acids is 1. The number of hydrogen-bond acceptors (Lipinski definition) is 6. The molecule has 3 aromatic carbocycles. The van der Waals surface area contributed by atoms with Crippen molar-refractivity contribution in [2.24, 2.45) is 5.16 Å². The number of rotatable bonds is 12. The number of ether oxygens (including phenoxy) is 2. The first-order chi connectivity index (χ1) is 18.5. The Balaban J connectivity index is 1.21. The molecule has 1 aromatic heterocycles. The van der Waals surface area contributed by atoms with E-state index in [2.05, 4.69) is 10.1 Å². The van der Waals surface area contributed by atoms with Crippen LogP contribution in [0.25, 0.3) is 11.3 Å². The molecule has 7 nitrogen and oxygen atoms in total. The molecule has 0 aliphatic carbocycles. The van der Waals surface area contributed by atoms with E-state index >= 15 is 0 Å². The van der Waals surface area contributed by atoms with Crippen molar-refractivity contribution < 1.29 is 24.2 Å². The minimum atomic E-state index is -1.01. The number of pyridine rings is 1. The van der Waals surface area contributed by atoms with Crippen LogP contribution in [-0.4, -0.2) is 41.1 Å². The number of aryl methyl sites for hydroxylation is 1. The standard InChI is InChI=1S/C31H30N2O5/c1-22-6-14-28(15-7-22)38-30(31(34)35)21-24-8-16-27(17-9-24)36-19-20-37-33-23(2)25-10-12-26(13-11-25)29-5-3-4-18-32-29/h3-18,30H,19-21H2,1-2H3,(H,34,35)/b33-23-. The maximum atomic E-state index is 11.7. The summed E-state index contributed by atoms with van der Waals surface area (Å²) in [6.07, 6.45) is 1.03. The van der Waals surface area contributed by atoms with Crippen molar-refractivity contribution in [3.05, 3.63) is 114 Å². The van der Waals surface area contributed by atoms with E-state index in [0.717, 1.165) is 33.7 Å². The highest BCUT2D eigenvalue weighted by molar-refractivity contribution is 5.98. The second-order valence-corrected chi connectivity index (χ2v) is 8.76. The molecule has 1 N–H and O–H groups in total. The van der Waals surface area contributed by atoms with Crippen molar-refractivity contribution in [1.82, 2.24) is 4.98 Å². The van der Waals surface area contributed by atoms with E-state index < -0.39 is 12.1 Å². The monoisotopic (exact) mass is 510 g/mol. The first-order valence-corrected chi connectivity index (χ1v) is 12.3. The van der Waals surface area contributed by atoms with E-state index in [9.17, 15) is 9.90 Å². The van der Waals surface area contributed by atoms with Gasteiger partial charge in [-0.2, -0.15) is 0 Å². The first kappa shape index (κ1) is 26.4. The third kappa shape index (κ3) is 7.67. The number of carboxylic acids is 1. The molecule has 0 aliphatic rings.